The van der Waals surface area contributed by atoms with Gasteiger partial charge in [-0.1, -0.05) is 38.3 Å². The van der Waals surface area contributed by atoms with Crippen LogP contribution in [0.5, 0.6) is 0 Å². The molecule has 5 nitrogen and oxygen atoms in total. The molecule has 27 heavy (non-hydrogen) atoms. The van der Waals surface area contributed by atoms with Crippen LogP contribution in [0.15, 0.2) is 12.2 Å². The highest BCUT2D eigenvalue weighted by Gasteiger charge is 2.78. The van der Waals surface area contributed by atoms with E-state index in [1.54, 1.807) is 7.11 Å². The van der Waals surface area contributed by atoms with Crippen LogP contribution in [-0.2, 0) is 14.2 Å². The number of methoxy groups -OCH3 is 1. The molecule has 0 radical (unpaired) electrons. The maximum Gasteiger partial charge on any atom is 0.201 e. The smallest absolute Gasteiger partial charge is 0.201 e. The Labute approximate surface area is 163 Å². The van der Waals surface area contributed by atoms with Gasteiger partial charge in [0.2, 0.25) is 5.79 Å². The summed E-state index contributed by atoms with van der Waals surface area (Å²) in [6.45, 7) is 3.38. The largest absolute Gasteiger partial charge is 0.393 e. The normalized spacial score (nSPS) is 43.0. The molecule has 3 saturated carbocycles. The molecule has 0 bridgehead atoms. The van der Waals surface area contributed by atoms with Gasteiger partial charge in [0.25, 0.3) is 0 Å². The van der Waals surface area contributed by atoms with E-state index >= 15 is 0 Å². The van der Waals surface area contributed by atoms with Crippen molar-refractivity contribution in [2.75, 3.05) is 20.3 Å². The van der Waals surface area contributed by atoms with Crippen molar-refractivity contribution in [1.29, 1.82) is 0 Å². The molecule has 5 heteroatoms. The lowest BCUT2D eigenvalue weighted by Crippen LogP contribution is -2.80. The molecule has 1 spiro atoms. The molecule has 6 atom stereocenters. The average Bonchev–Trinajstić information content (AvgIpc) is 3.21. The summed E-state index contributed by atoms with van der Waals surface area (Å²) in [7, 11) is 1.75. The molecule has 4 rings (SSSR count). The van der Waals surface area contributed by atoms with Gasteiger partial charge in [-0.15, -0.1) is 0 Å². The molecule has 1 unspecified atom stereocenters. The van der Waals surface area contributed by atoms with Crippen LogP contribution >= 0.6 is 0 Å². The highest BCUT2D eigenvalue weighted by molar-refractivity contribution is 5.24. The zero-order valence-corrected chi connectivity index (χ0v) is 16.8. The fraction of sp³-hybridized carbons (Fsp3) is 0.909. The van der Waals surface area contributed by atoms with Gasteiger partial charge in [-0.3, -0.25) is 0 Å². The van der Waals surface area contributed by atoms with Gasteiger partial charge in [-0.2, -0.15) is 0 Å². The summed E-state index contributed by atoms with van der Waals surface area (Å²) in [4.78, 5) is 0. The van der Waals surface area contributed by atoms with Gasteiger partial charge in [0.1, 0.15) is 5.60 Å². The van der Waals surface area contributed by atoms with Gasteiger partial charge in [-0.05, 0) is 38.0 Å². The highest BCUT2D eigenvalue weighted by Crippen LogP contribution is 2.66. The molecule has 0 aromatic carbocycles. The summed E-state index contributed by atoms with van der Waals surface area (Å²) in [6, 6.07) is 0. The molecule has 1 heterocycles. The van der Waals surface area contributed by atoms with Gasteiger partial charge in [0.15, 0.2) is 0 Å². The first kappa shape index (κ1) is 19.8. The van der Waals surface area contributed by atoms with E-state index in [0.717, 1.165) is 25.7 Å². The van der Waals surface area contributed by atoms with Crippen LogP contribution in [0.25, 0.3) is 0 Å². The van der Waals surface area contributed by atoms with Crippen molar-refractivity contribution in [3.05, 3.63) is 12.2 Å². The highest BCUT2D eigenvalue weighted by atomic mass is 16.8. The van der Waals surface area contributed by atoms with E-state index in [1.807, 2.05) is 6.08 Å². The zero-order valence-electron chi connectivity index (χ0n) is 16.8. The minimum Gasteiger partial charge on any atom is -0.393 e. The van der Waals surface area contributed by atoms with Crippen molar-refractivity contribution in [1.82, 2.24) is 0 Å². The van der Waals surface area contributed by atoms with Crippen LogP contribution in [0.1, 0.15) is 58.3 Å². The number of ether oxygens (including phenoxy) is 3. The Morgan fingerprint density at radius 1 is 1.15 bits per heavy atom. The topological polar surface area (TPSA) is 68.2 Å². The Bertz CT molecular complexity index is 537. The van der Waals surface area contributed by atoms with Gasteiger partial charge in [0, 0.05) is 24.9 Å². The molecule has 1 saturated heterocycles. The van der Waals surface area contributed by atoms with E-state index in [9.17, 15) is 10.2 Å². The number of fused-ring (bicyclic) bond motifs is 2. The molecule has 3 aliphatic carbocycles. The van der Waals surface area contributed by atoms with Crippen LogP contribution in [0.4, 0.5) is 0 Å². The Morgan fingerprint density at radius 2 is 1.85 bits per heavy atom. The number of hydrogen-bond acceptors (Lipinski definition) is 5. The van der Waals surface area contributed by atoms with Gasteiger partial charge >= 0.3 is 0 Å². The molecular formula is C22H36O5. The molecule has 4 aliphatic rings. The average molecular weight is 381 g/mol. The summed E-state index contributed by atoms with van der Waals surface area (Å²) >= 11 is 0. The van der Waals surface area contributed by atoms with Crippen LogP contribution in [-0.4, -0.2) is 54.1 Å². The standard InChI is InChI=1S/C22H36O5/c1-3-17-20-16(9-10-18(23)15-7-5-4-6-8-15)19(24)11-12-21(20,25-2)22(17)26-13-14-27-22/h9-10,15-20,23-24H,3-8,11-14H2,1-2H3/b10-9+/t16-,17?,18-,19+,20-,21+/m1/s1. The summed E-state index contributed by atoms with van der Waals surface area (Å²) in [5.41, 5.74) is -0.492. The van der Waals surface area contributed by atoms with Crippen LogP contribution < -0.4 is 0 Å². The first-order valence-corrected chi connectivity index (χ1v) is 11.0. The second-order valence-electron chi connectivity index (χ2n) is 8.96. The number of aliphatic hydroxyl groups excluding tert-OH is 2. The van der Waals surface area contributed by atoms with Crippen molar-refractivity contribution >= 4 is 0 Å². The third-order valence-electron chi connectivity index (χ3n) is 7.90. The Kier molecular flexibility index (Phi) is 5.70. The Hall–Kier alpha value is -0.460. The van der Waals surface area contributed by atoms with Crippen molar-refractivity contribution in [3.8, 4) is 0 Å². The van der Waals surface area contributed by atoms with E-state index < -0.39 is 23.6 Å². The quantitative estimate of drug-likeness (QED) is 0.718. The summed E-state index contributed by atoms with van der Waals surface area (Å²) in [6.07, 6.45) is 11.5. The molecule has 1 aliphatic heterocycles. The van der Waals surface area contributed by atoms with Gasteiger partial charge in [-0.25, -0.2) is 0 Å². The second-order valence-corrected chi connectivity index (χ2v) is 8.96. The number of aliphatic hydroxyl groups is 2. The van der Waals surface area contributed by atoms with Crippen molar-refractivity contribution < 1.29 is 24.4 Å². The summed E-state index contributed by atoms with van der Waals surface area (Å²) < 4.78 is 18.4. The molecular weight excluding hydrogens is 344 g/mol. The molecule has 154 valence electrons. The lowest BCUT2D eigenvalue weighted by atomic mass is 9.46. The van der Waals surface area contributed by atoms with E-state index in [4.69, 9.17) is 14.2 Å². The fourth-order valence-electron chi connectivity index (χ4n) is 6.64. The van der Waals surface area contributed by atoms with Gasteiger partial charge in [0.05, 0.1) is 25.4 Å². The third kappa shape index (κ3) is 2.93. The Morgan fingerprint density at radius 3 is 2.48 bits per heavy atom. The predicted octanol–water partition coefficient (Wildman–Crippen LogP) is 3.04. The number of hydrogen-bond donors (Lipinski definition) is 2. The van der Waals surface area contributed by atoms with Crippen molar-refractivity contribution in [2.24, 2.45) is 23.7 Å². The lowest BCUT2D eigenvalue weighted by molar-refractivity contribution is -0.417. The monoisotopic (exact) mass is 380 g/mol. The molecule has 0 aromatic rings. The second kappa shape index (κ2) is 7.75. The lowest BCUT2D eigenvalue weighted by Gasteiger charge is -2.69. The van der Waals surface area contributed by atoms with Gasteiger partial charge < -0.3 is 24.4 Å². The minimum atomic E-state index is -0.657. The van der Waals surface area contributed by atoms with E-state index in [-0.39, 0.29) is 17.8 Å². The summed E-state index contributed by atoms with van der Waals surface area (Å²) in [5, 5.41) is 21.5. The minimum absolute atomic E-state index is 0.0275. The van der Waals surface area contributed by atoms with Crippen molar-refractivity contribution in [2.45, 2.75) is 81.9 Å². The first-order chi connectivity index (χ1) is 13.1. The maximum absolute atomic E-state index is 10.8. The zero-order chi connectivity index (χ0) is 19.1. The van der Waals surface area contributed by atoms with Crippen LogP contribution in [0, 0.1) is 23.7 Å². The third-order valence-corrected chi connectivity index (χ3v) is 7.90. The molecule has 2 N–H and O–H groups in total. The molecule has 0 aromatic heterocycles. The molecule has 0 amide bonds. The fourth-order valence-corrected chi connectivity index (χ4v) is 6.64. The first-order valence-electron chi connectivity index (χ1n) is 11.0. The SMILES string of the molecule is CCC1[C@H]2[C@H](/C=C/[C@@H](O)C3CCCCC3)[C@@H](O)CC[C@@]2(OC)C12OCCO2. The molecule has 4 fully saturated rings. The number of rotatable bonds is 5. The van der Waals surface area contributed by atoms with Crippen molar-refractivity contribution in [3.63, 3.8) is 0 Å². The van der Waals surface area contributed by atoms with E-state index in [0.29, 0.717) is 25.6 Å². The Balaban J connectivity index is 1.56. The maximum atomic E-state index is 10.8. The van der Waals surface area contributed by atoms with Crippen LogP contribution in [0.3, 0.4) is 0 Å². The van der Waals surface area contributed by atoms with E-state index in [1.165, 1.54) is 19.3 Å². The van der Waals surface area contributed by atoms with Crippen LogP contribution in [0.2, 0.25) is 0 Å². The van der Waals surface area contributed by atoms with E-state index in [2.05, 4.69) is 13.0 Å². The summed E-state index contributed by atoms with van der Waals surface area (Å²) in [5.74, 6) is 0.0371. The predicted molar refractivity (Wildman–Crippen MR) is 102 cm³/mol.